The number of urea groups is 1. The van der Waals surface area contributed by atoms with E-state index in [0.29, 0.717) is 36.0 Å². The zero-order valence-corrected chi connectivity index (χ0v) is 20.5. The van der Waals surface area contributed by atoms with Gasteiger partial charge >= 0.3 is 18.4 Å². The Labute approximate surface area is 220 Å². The molecule has 1 atom stereocenters. The number of hydrogen-bond acceptors (Lipinski definition) is 4. The predicted octanol–water partition coefficient (Wildman–Crippen LogP) is 6.40. The fraction of sp³-hybridized carbons (Fsp3) is 0.348. The van der Waals surface area contributed by atoms with Crippen molar-refractivity contribution < 1.29 is 40.4 Å². The Bertz CT molecular complexity index is 1310. The molecular weight excluding hydrogens is 568 g/mol. The van der Waals surface area contributed by atoms with E-state index in [9.17, 15) is 35.5 Å². The van der Waals surface area contributed by atoms with Crippen LogP contribution in [-0.4, -0.2) is 36.9 Å². The van der Waals surface area contributed by atoms with Crippen molar-refractivity contribution in [1.29, 1.82) is 0 Å². The molecule has 2 aromatic carbocycles. The van der Waals surface area contributed by atoms with Gasteiger partial charge in [0, 0.05) is 17.5 Å². The fourth-order valence-electron chi connectivity index (χ4n) is 4.34. The number of rotatable bonds is 5. The molecule has 2 amide bonds. The van der Waals surface area contributed by atoms with Crippen molar-refractivity contribution in [3.63, 3.8) is 0 Å². The average molecular weight is 585 g/mol. The molecule has 0 radical (unpaired) electrons. The normalized spacial score (nSPS) is 19.3. The maximum Gasteiger partial charge on any atom is 0.435 e. The third kappa shape index (κ3) is 5.53. The first-order chi connectivity index (χ1) is 17.7. The number of hydrazone groups is 1. The maximum atomic E-state index is 14.3. The van der Waals surface area contributed by atoms with Gasteiger partial charge in [0.15, 0.2) is 5.82 Å². The van der Waals surface area contributed by atoms with E-state index >= 15 is 0 Å². The first-order valence-corrected chi connectivity index (χ1v) is 11.7. The number of nitrogens with zero attached hydrogens (tertiary/aromatic N) is 2. The van der Waals surface area contributed by atoms with Gasteiger partial charge in [0.05, 0.1) is 22.0 Å². The summed E-state index contributed by atoms with van der Waals surface area (Å²) >= 11 is 11.5. The lowest BCUT2D eigenvalue weighted by Gasteiger charge is -2.30. The van der Waals surface area contributed by atoms with E-state index in [4.69, 9.17) is 28.0 Å². The SMILES string of the molecule is O=C(NCC(F)(F)F)N/N=C/c1ccc(C2=NOC(c3cc(Cl)c(F)c(Cl)c3)(C(F)(F)F)C2)c2c1CCC2. The Morgan fingerprint density at radius 1 is 1.11 bits per heavy atom. The van der Waals surface area contributed by atoms with E-state index in [1.165, 1.54) is 12.3 Å². The molecule has 15 heteroatoms. The summed E-state index contributed by atoms with van der Waals surface area (Å²) in [5.74, 6) is -1.06. The number of oxime groups is 1. The summed E-state index contributed by atoms with van der Waals surface area (Å²) in [6.45, 7) is -1.53. The van der Waals surface area contributed by atoms with Crippen molar-refractivity contribution in [1.82, 2.24) is 10.7 Å². The number of halogens is 9. The van der Waals surface area contributed by atoms with Crippen LogP contribution in [0, 0.1) is 5.82 Å². The number of alkyl halides is 6. The average Bonchev–Trinajstić information content (AvgIpc) is 3.49. The highest BCUT2D eigenvalue weighted by molar-refractivity contribution is 6.35. The van der Waals surface area contributed by atoms with Crippen molar-refractivity contribution in [3.05, 3.63) is 67.9 Å². The van der Waals surface area contributed by atoms with Crippen LogP contribution in [0.15, 0.2) is 34.5 Å². The van der Waals surface area contributed by atoms with Gasteiger partial charge in [-0.2, -0.15) is 31.4 Å². The summed E-state index contributed by atoms with van der Waals surface area (Å²) in [4.78, 5) is 16.5. The molecule has 6 nitrogen and oxygen atoms in total. The molecule has 0 aromatic heterocycles. The lowest BCUT2D eigenvalue weighted by molar-refractivity contribution is -0.275. The summed E-state index contributed by atoms with van der Waals surface area (Å²) in [5, 5.41) is 7.80. The standard InChI is InChI=1S/C23H17Cl2F7N4O2/c24-16-6-12(7-17(25)19(16)26)21(23(30,31)32)8-18(36-38-21)15-5-4-11(13-2-1-3-14(13)15)9-34-35-20(37)33-10-22(27,28)29/h4-7,9H,1-3,8,10H2,(H2,33,35,37)/b34-9+. The van der Waals surface area contributed by atoms with Crippen LogP contribution < -0.4 is 10.7 Å². The van der Waals surface area contributed by atoms with Crippen LogP contribution in [0.5, 0.6) is 0 Å². The van der Waals surface area contributed by atoms with Gasteiger partial charge in [-0.3, -0.25) is 0 Å². The molecule has 2 aromatic rings. The third-order valence-corrected chi connectivity index (χ3v) is 6.64. The van der Waals surface area contributed by atoms with Crippen molar-refractivity contribution >= 4 is 41.2 Å². The topological polar surface area (TPSA) is 75.1 Å². The molecule has 0 fully saturated rings. The number of fused-ring (bicyclic) bond motifs is 1. The molecule has 1 unspecified atom stereocenters. The number of hydrogen-bond donors (Lipinski definition) is 2. The van der Waals surface area contributed by atoms with Crippen molar-refractivity contribution in [2.45, 2.75) is 43.6 Å². The minimum Gasteiger partial charge on any atom is -0.374 e. The van der Waals surface area contributed by atoms with Crippen LogP contribution in [0.25, 0.3) is 0 Å². The summed E-state index contributed by atoms with van der Waals surface area (Å²) < 4.78 is 93.4. The summed E-state index contributed by atoms with van der Waals surface area (Å²) in [6.07, 6.45) is -7.30. The predicted molar refractivity (Wildman–Crippen MR) is 125 cm³/mol. The van der Waals surface area contributed by atoms with Gasteiger partial charge in [0.1, 0.15) is 6.54 Å². The molecule has 1 aliphatic carbocycles. The first kappa shape index (κ1) is 28.0. The number of carbonyl (C=O) groups excluding carboxylic acids is 1. The summed E-state index contributed by atoms with van der Waals surface area (Å²) in [6, 6.07) is 3.51. The van der Waals surface area contributed by atoms with E-state index in [0.717, 1.165) is 17.7 Å². The Morgan fingerprint density at radius 2 is 1.76 bits per heavy atom. The quantitative estimate of drug-likeness (QED) is 0.185. The number of amides is 2. The largest absolute Gasteiger partial charge is 0.435 e. The lowest BCUT2D eigenvalue weighted by Crippen LogP contribution is -2.42. The molecule has 0 saturated heterocycles. The van der Waals surface area contributed by atoms with Crippen LogP contribution in [-0.2, 0) is 23.3 Å². The Kier molecular flexibility index (Phi) is 7.54. The van der Waals surface area contributed by atoms with Gasteiger partial charge < -0.3 is 10.2 Å². The van der Waals surface area contributed by atoms with Gasteiger partial charge in [0.2, 0.25) is 0 Å². The molecule has 38 heavy (non-hydrogen) atoms. The van der Waals surface area contributed by atoms with E-state index in [-0.39, 0.29) is 5.71 Å². The second-order valence-electron chi connectivity index (χ2n) is 8.57. The van der Waals surface area contributed by atoms with Crippen LogP contribution in [0.2, 0.25) is 10.0 Å². The van der Waals surface area contributed by atoms with Crippen LogP contribution in [0.3, 0.4) is 0 Å². The molecule has 2 aliphatic rings. The molecule has 1 aliphatic heterocycles. The Morgan fingerprint density at radius 3 is 2.39 bits per heavy atom. The molecule has 0 bridgehead atoms. The molecule has 0 saturated carbocycles. The second kappa shape index (κ2) is 10.3. The molecule has 204 valence electrons. The van der Waals surface area contributed by atoms with Gasteiger partial charge in [-0.25, -0.2) is 14.6 Å². The van der Waals surface area contributed by atoms with Crippen molar-refractivity contribution in [2.75, 3.05) is 6.54 Å². The van der Waals surface area contributed by atoms with Crippen LogP contribution >= 0.6 is 23.2 Å². The summed E-state index contributed by atoms with van der Waals surface area (Å²) in [5.41, 5.74) is 0.861. The summed E-state index contributed by atoms with van der Waals surface area (Å²) in [7, 11) is 0. The monoisotopic (exact) mass is 584 g/mol. The van der Waals surface area contributed by atoms with E-state index in [2.05, 4.69) is 10.3 Å². The minimum atomic E-state index is -4.96. The van der Waals surface area contributed by atoms with E-state index in [1.807, 2.05) is 5.43 Å². The van der Waals surface area contributed by atoms with Gasteiger partial charge in [-0.1, -0.05) is 40.5 Å². The van der Waals surface area contributed by atoms with Gasteiger partial charge in [-0.15, -0.1) is 0 Å². The number of nitrogens with one attached hydrogen (secondary N) is 2. The number of benzene rings is 2. The van der Waals surface area contributed by atoms with Crippen LogP contribution in [0.1, 0.15) is 40.7 Å². The first-order valence-electron chi connectivity index (χ1n) is 11.0. The highest BCUT2D eigenvalue weighted by Gasteiger charge is 2.62. The van der Waals surface area contributed by atoms with Crippen molar-refractivity contribution in [2.24, 2.45) is 10.3 Å². The maximum absolute atomic E-state index is 14.3. The highest BCUT2D eigenvalue weighted by atomic mass is 35.5. The fourth-order valence-corrected chi connectivity index (χ4v) is 4.83. The Hall–Kier alpha value is -3.06. The molecular formula is C23H17Cl2F7N4O2. The molecule has 1 heterocycles. The van der Waals surface area contributed by atoms with Gasteiger partial charge in [-0.05, 0) is 48.1 Å². The third-order valence-electron chi connectivity index (χ3n) is 6.09. The Balaban J connectivity index is 1.58. The van der Waals surface area contributed by atoms with Gasteiger partial charge in [0.25, 0.3) is 5.60 Å². The zero-order valence-electron chi connectivity index (χ0n) is 19.0. The highest BCUT2D eigenvalue weighted by Crippen LogP contribution is 2.50. The lowest BCUT2D eigenvalue weighted by atomic mass is 9.85. The smallest absolute Gasteiger partial charge is 0.374 e. The van der Waals surface area contributed by atoms with Crippen LogP contribution in [0.4, 0.5) is 35.5 Å². The van der Waals surface area contributed by atoms with E-state index in [1.54, 1.807) is 11.4 Å². The molecule has 0 spiro atoms. The van der Waals surface area contributed by atoms with Crippen molar-refractivity contribution in [3.8, 4) is 0 Å². The zero-order chi connectivity index (χ0) is 27.9. The van der Waals surface area contributed by atoms with E-state index < -0.39 is 58.4 Å². The minimum absolute atomic E-state index is 0.00480. The molecule has 4 rings (SSSR count). The number of carbonyl (C=O) groups is 1. The molecule has 2 N–H and O–H groups in total. The second-order valence-corrected chi connectivity index (χ2v) is 9.38.